The number of nitrogens with one attached hydrogen (secondary N) is 2. The van der Waals surface area contributed by atoms with Crippen molar-refractivity contribution < 1.29 is 51.7 Å². The predicted octanol–water partition coefficient (Wildman–Crippen LogP) is 4.09. The lowest BCUT2D eigenvalue weighted by Gasteiger charge is -2.41. The number of benzene rings is 2. The van der Waals surface area contributed by atoms with Crippen LogP contribution in [0.5, 0.6) is 0 Å². The third-order valence-electron chi connectivity index (χ3n) is 9.86. The van der Waals surface area contributed by atoms with E-state index in [0.29, 0.717) is 90.2 Å². The summed E-state index contributed by atoms with van der Waals surface area (Å²) in [6.07, 6.45) is 4.86. The van der Waals surface area contributed by atoms with Crippen LogP contribution in [0.4, 0.5) is 8.78 Å². The van der Waals surface area contributed by atoms with Gasteiger partial charge >= 0.3 is 0 Å². The second-order valence-corrected chi connectivity index (χ2v) is 17.0. The molecule has 1 aromatic heterocycles. The van der Waals surface area contributed by atoms with Gasteiger partial charge in [0, 0.05) is 73.5 Å². The van der Waals surface area contributed by atoms with E-state index in [1.807, 2.05) is 52.1 Å². The number of imide groups is 1. The minimum Gasteiger partial charge on any atom is -0.377 e. The summed E-state index contributed by atoms with van der Waals surface area (Å²) in [6, 6.07) is 14.6. The highest BCUT2D eigenvalue weighted by molar-refractivity contribution is 7.99. The van der Waals surface area contributed by atoms with Gasteiger partial charge in [-0.2, -0.15) is 11.8 Å². The van der Waals surface area contributed by atoms with Crippen LogP contribution < -0.4 is 16.4 Å². The summed E-state index contributed by atoms with van der Waals surface area (Å²) < 4.78 is 53.3. The van der Waals surface area contributed by atoms with Crippen molar-refractivity contribution in [3.8, 4) is 11.1 Å². The molecule has 0 radical (unpaired) electrons. The lowest BCUT2D eigenvalue weighted by molar-refractivity contribution is -0.141. The van der Waals surface area contributed by atoms with E-state index in [9.17, 15) is 28.4 Å². The Morgan fingerprint density at radius 2 is 1.41 bits per heavy atom. The molecule has 350 valence electrons. The second kappa shape index (κ2) is 27.4. The standard InChI is InChI=1S/C46H62F2N6O9S/c1-46(2,3)45(39-28-35(37-29-36(47)10-11-38(37)48)31-52(39)30-34-8-5-4-6-9-34)53(18-7-15-49)44(59)33-64-27-14-40(55)50-16-19-60-21-23-62-25-26-63-24-22-61-20-17-51-41(56)32-54-42(57)12-13-43(54)58/h4-6,8-13,28-29,31,45H,7,14-27,30,32-33,49H2,1-3H3,(H,50,55)(H,51,56)/t45-/m0/s1. The van der Waals surface area contributed by atoms with Crippen molar-refractivity contribution in [2.24, 2.45) is 11.1 Å². The fourth-order valence-corrected chi connectivity index (χ4v) is 7.65. The second-order valence-electron chi connectivity index (χ2n) is 15.9. The maximum absolute atomic E-state index is 15.1. The third kappa shape index (κ3) is 17.5. The number of hydrogen-bond acceptors (Lipinski definition) is 11. The van der Waals surface area contributed by atoms with Gasteiger partial charge in [-0.25, -0.2) is 8.78 Å². The molecule has 3 aromatic rings. The first kappa shape index (κ1) is 51.7. The summed E-state index contributed by atoms with van der Waals surface area (Å²) in [7, 11) is 0. The summed E-state index contributed by atoms with van der Waals surface area (Å²) in [5, 5.41) is 5.42. The molecule has 0 fully saturated rings. The number of ether oxygens (including phenoxy) is 4. The van der Waals surface area contributed by atoms with Crippen molar-refractivity contribution in [3.05, 3.63) is 95.8 Å². The van der Waals surface area contributed by atoms with E-state index in [1.165, 1.54) is 17.8 Å². The molecule has 0 spiro atoms. The maximum atomic E-state index is 15.1. The van der Waals surface area contributed by atoms with Crippen molar-refractivity contribution in [1.29, 1.82) is 0 Å². The molecule has 0 aliphatic carbocycles. The van der Waals surface area contributed by atoms with Gasteiger partial charge in [0.05, 0.1) is 64.6 Å². The van der Waals surface area contributed by atoms with E-state index >= 15 is 4.39 Å². The van der Waals surface area contributed by atoms with Gasteiger partial charge in [-0.15, -0.1) is 0 Å². The third-order valence-corrected chi connectivity index (χ3v) is 10.8. The Morgan fingerprint density at radius 3 is 2.00 bits per heavy atom. The fraction of sp³-hybridized carbons (Fsp3) is 0.500. The van der Waals surface area contributed by atoms with E-state index in [4.69, 9.17) is 24.7 Å². The van der Waals surface area contributed by atoms with Crippen LogP contribution in [0, 0.1) is 17.0 Å². The van der Waals surface area contributed by atoms with E-state index < -0.39 is 40.8 Å². The van der Waals surface area contributed by atoms with Crippen LogP contribution in [-0.4, -0.2) is 141 Å². The number of halogens is 2. The summed E-state index contributed by atoms with van der Waals surface area (Å²) in [4.78, 5) is 64.2. The van der Waals surface area contributed by atoms with Crippen molar-refractivity contribution >= 4 is 41.3 Å². The van der Waals surface area contributed by atoms with E-state index in [1.54, 1.807) is 0 Å². The van der Waals surface area contributed by atoms with Gasteiger partial charge in [0.1, 0.15) is 18.2 Å². The highest BCUT2D eigenvalue weighted by Crippen LogP contribution is 2.41. The Morgan fingerprint density at radius 1 is 0.812 bits per heavy atom. The van der Waals surface area contributed by atoms with Gasteiger partial charge < -0.3 is 44.8 Å². The zero-order valence-corrected chi connectivity index (χ0v) is 37.8. The number of carbonyl (C=O) groups excluding carboxylic acids is 5. The van der Waals surface area contributed by atoms with Crippen LogP contribution >= 0.6 is 11.8 Å². The lowest BCUT2D eigenvalue weighted by atomic mass is 9.83. The Hall–Kier alpha value is -4.98. The molecule has 0 unspecified atom stereocenters. The van der Waals surface area contributed by atoms with E-state index in [0.717, 1.165) is 40.4 Å². The summed E-state index contributed by atoms with van der Waals surface area (Å²) in [6.45, 7) is 10.3. The lowest BCUT2D eigenvalue weighted by Crippen LogP contribution is -2.44. The molecular weight excluding hydrogens is 851 g/mol. The minimum absolute atomic E-state index is 0.107. The quantitative estimate of drug-likeness (QED) is 0.0647. The van der Waals surface area contributed by atoms with Crippen molar-refractivity contribution in [2.75, 3.05) is 97.1 Å². The van der Waals surface area contributed by atoms with Gasteiger partial charge in [-0.05, 0) is 48.2 Å². The topological polar surface area (TPSA) is 184 Å². The van der Waals surface area contributed by atoms with Gasteiger partial charge in [0.25, 0.3) is 11.8 Å². The number of nitrogens with zero attached hydrogens (tertiary/aromatic N) is 3. The number of amides is 5. The number of nitrogens with two attached hydrogens (primary N) is 1. The molecule has 0 saturated carbocycles. The number of aromatic nitrogens is 1. The Kier molecular flexibility index (Phi) is 22.1. The average molecular weight is 913 g/mol. The van der Waals surface area contributed by atoms with Crippen LogP contribution in [0.25, 0.3) is 11.1 Å². The first-order chi connectivity index (χ1) is 30.8. The van der Waals surface area contributed by atoms with Crippen molar-refractivity contribution in [3.63, 3.8) is 0 Å². The highest BCUT2D eigenvalue weighted by atomic mass is 32.2. The molecule has 64 heavy (non-hydrogen) atoms. The zero-order chi connectivity index (χ0) is 46.3. The van der Waals surface area contributed by atoms with Crippen LogP contribution in [0.2, 0.25) is 0 Å². The maximum Gasteiger partial charge on any atom is 0.254 e. The monoisotopic (exact) mass is 912 g/mol. The number of rotatable bonds is 30. The van der Waals surface area contributed by atoms with Crippen LogP contribution in [0.15, 0.2) is 72.9 Å². The first-order valence-corrected chi connectivity index (χ1v) is 22.6. The first-order valence-electron chi connectivity index (χ1n) is 21.4. The molecule has 2 aromatic carbocycles. The van der Waals surface area contributed by atoms with E-state index in [2.05, 4.69) is 31.4 Å². The molecule has 1 atom stereocenters. The number of hydrogen-bond donors (Lipinski definition) is 3. The molecule has 0 bridgehead atoms. The van der Waals surface area contributed by atoms with Gasteiger partial charge in [0.15, 0.2) is 0 Å². The zero-order valence-electron chi connectivity index (χ0n) is 37.0. The van der Waals surface area contributed by atoms with Crippen LogP contribution in [-0.2, 0) is 49.5 Å². The summed E-state index contributed by atoms with van der Waals surface area (Å²) in [5.41, 5.74) is 7.94. The summed E-state index contributed by atoms with van der Waals surface area (Å²) >= 11 is 1.38. The van der Waals surface area contributed by atoms with Gasteiger partial charge in [-0.3, -0.25) is 28.9 Å². The van der Waals surface area contributed by atoms with Gasteiger partial charge in [-0.1, -0.05) is 51.1 Å². The summed E-state index contributed by atoms with van der Waals surface area (Å²) in [5.74, 6) is -2.24. The molecule has 1 aliphatic heterocycles. The fourth-order valence-electron chi connectivity index (χ4n) is 6.84. The Labute approximate surface area is 378 Å². The number of thioether (sulfide) groups is 1. The minimum atomic E-state index is -0.545. The predicted molar refractivity (Wildman–Crippen MR) is 240 cm³/mol. The van der Waals surface area contributed by atoms with Crippen LogP contribution in [0.3, 0.4) is 0 Å². The number of carbonyl (C=O) groups is 5. The molecule has 1 aliphatic rings. The van der Waals surface area contributed by atoms with Crippen molar-refractivity contribution in [2.45, 2.75) is 46.2 Å². The molecule has 0 saturated heterocycles. The molecular formula is C46H62F2N6O9S. The van der Waals surface area contributed by atoms with Crippen LogP contribution in [0.1, 0.15) is 50.9 Å². The molecule has 4 N–H and O–H groups in total. The molecule has 15 nitrogen and oxygen atoms in total. The highest BCUT2D eigenvalue weighted by Gasteiger charge is 2.37. The molecule has 18 heteroatoms. The largest absolute Gasteiger partial charge is 0.377 e. The average Bonchev–Trinajstić information content (AvgIpc) is 3.81. The molecule has 4 rings (SSSR count). The Balaban J connectivity index is 1.11. The van der Waals surface area contributed by atoms with Gasteiger partial charge in [0.2, 0.25) is 17.7 Å². The molecule has 5 amide bonds. The SMILES string of the molecule is CC(C)(C)[C@H](c1cc(-c2cc(F)ccc2F)cn1Cc1ccccc1)N(CCCN)C(=O)CSCCC(=O)NCCOCCOCCOCCOCCNC(=O)CN1C(=O)C=CC1=O. The Bertz CT molecular complexity index is 1980. The smallest absolute Gasteiger partial charge is 0.254 e. The van der Waals surface area contributed by atoms with E-state index in [-0.39, 0.29) is 49.2 Å². The van der Waals surface area contributed by atoms with Crippen molar-refractivity contribution in [1.82, 2.24) is 25.0 Å². The normalized spacial score (nSPS) is 13.1. The molecule has 2 heterocycles.